The Balaban J connectivity index is 1.54. The number of hydrogen-bond acceptors (Lipinski definition) is 13. The molecule has 21 heteroatoms. The largest absolute Gasteiger partial charge is 0.472 e. The highest BCUT2D eigenvalue weighted by Gasteiger charge is 2.45. The molecule has 45 heavy (non-hydrogen) atoms. The van der Waals surface area contributed by atoms with Crippen molar-refractivity contribution in [3.05, 3.63) is 0 Å². The molecule has 0 radical (unpaired) electrons. The summed E-state index contributed by atoms with van der Waals surface area (Å²) in [6.45, 7) is 9.85. The van der Waals surface area contributed by atoms with Crippen LogP contribution in [0.5, 0.6) is 0 Å². The van der Waals surface area contributed by atoms with E-state index in [4.69, 9.17) is 41.4 Å². The number of rotatable bonds is 17. The van der Waals surface area contributed by atoms with Crippen molar-refractivity contribution < 1.29 is 79.2 Å². The third-order valence-corrected chi connectivity index (χ3v) is 13.2. The Kier molecular flexibility index (Phi) is 14.1. The van der Waals surface area contributed by atoms with E-state index in [-0.39, 0.29) is 38.1 Å². The lowest BCUT2D eigenvalue weighted by atomic mass is 10.1. The molecule has 0 amide bonds. The first-order valence-corrected chi connectivity index (χ1v) is 21.1. The van der Waals surface area contributed by atoms with Crippen molar-refractivity contribution in [2.45, 2.75) is 134 Å². The van der Waals surface area contributed by atoms with Crippen LogP contribution >= 0.6 is 30.8 Å². The first-order valence-electron chi connectivity index (χ1n) is 14.8. The van der Waals surface area contributed by atoms with Gasteiger partial charge in [0.25, 0.3) is 0 Å². The Morgan fingerprint density at radius 1 is 0.556 bits per heavy atom. The lowest BCUT2D eigenvalue weighted by molar-refractivity contribution is -0.0394. The molecule has 4 unspecified atom stereocenters. The Bertz CT molecular complexity index is 1170. The number of phosphoric ester groups is 2. The van der Waals surface area contributed by atoms with E-state index in [1.807, 2.05) is 0 Å². The smallest absolute Gasteiger partial charge is 0.370 e. The van der Waals surface area contributed by atoms with Crippen LogP contribution in [-0.4, -0.2) is 106 Å². The van der Waals surface area contributed by atoms with Gasteiger partial charge in [-0.25, -0.2) is 9.13 Å². The standard InChI is InChI=1S/C24H48O17P4/c1-14(2)42(25,26)33-11-22-20(9-17(6)36-22)40-45(31,32)35-13-24-21(10-18(7)38-24)41-44(29,30)34-12-23-19(8-16(5)37-23)39-43(27,28)15(3)4/h14-24H,8-13H2,1-7H3,(H,25,26)(H,27,28)(H,29,30)(H,31,32)/t16-,17-,18-,19-,20-,21-,22+,23+,24+/m0/s1. The zero-order valence-electron chi connectivity index (χ0n) is 26.5. The molecule has 0 aromatic rings. The van der Waals surface area contributed by atoms with Gasteiger partial charge in [-0.2, -0.15) is 0 Å². The van der Waals surface area contributed by atoms with Crippen LogP contribution in [0.2, 0.25) is 0 Å². The summed E-state index contributed by atoms with van der Waals surface area (Å²) >= 11 is 0. The lowest BCUT2D eigenvalue weighted by Gasteiger charge is -2.26. The fraction of sp³-hybridized carbons (Fsp3) is 1.00. The number of ether oxygens (including phenoxy) is 3. The second kappa shape index (κ2) is 16.0. The molecule has 3 saturated heterocycles. The Labute approximate surface area is 263 Å². The van der Waals surface area contributed by atoms with E-state index in [1.54, 1.807) is 20.8 Å². The quantitative estimate of drug-likeness (QED) is 0.154. The van der Waals surface area contributed by atoms with Crippen molar-refractivity contribution in [3.63, 3.8) is 0 Å². The highest BCUT2D eigenvalue weighted by Crippen LogP contribution is 2.53. The van der Waals surface area contributed by atoms with E-state index in [1.165, 1.54) is 27.7 Å². The van der Waals surface area contributed by atoms with Crippen LogP contribution in [0.1, 0.15) is 67.7 Å². The number of phosphoric acid groups is 2. The molecule has 3 rings (SSSR count). The lowest BCUT2D eigenvalue weighted by Crippen LogP contribution is -2.31. The first kappa shape index (κ1) is 39.8. The second-order valence-electron chi connectivity index (χ2n) is 12.2. The molecule has 4 N–H and O–H groups in total. The van der Waals surface area contributed by atoms with E-state index in [0.29, 0.717) is 0 Å². The van der Waals surface area contributed by atoms with Crippen molar-refractivity contribution in [1.29, 1.82) is 0 Å². The molecule has 13 atom stereocenters. The maximum atomic E-state index is 12.9. The van der Waals surface area contributed by atoms with Crippen LogP contribution < -0.4 is 0 Å². The van der Waals surface area contributed by atoms with E-state index in [0.717, 1.165) is 0 Å². The summed E-state index contributed by atoms with van der Waals surface area (Å²) < 4.78 is 98.7. The van der Waals surface area contributed by atoms with E-state index in [2.05, 4.69) is 0 Å². The average Bonchev–Trinajstić information content (AvgIpc) is 3.54. The molecule has 0 aromatic heterocycles. The van der Waals surface area contributed by atoms with Crippen LogP contribution in [0.15, 0.2) is 0 Å². The van der Waals surface area contributed by atoms with Gasteiger partial charge < -0.3 is 42.8 Å². The predicted molar refractivity (Wildman–Crippen MR) is 159 cm³/mol. The maximum absolute atomic E-state index is 12.9. The Hall–Kier alpha value is 0.400. The van der Waals surface area contributed by atoms with E-state index < -0.39 is 98.1 Å². The molecule has 17 nitrogen and oxygen atoms in total. The summed E-state index contributed by atoms with van der Waals surface area (Å²) in [5.41, 5.74) is -1.32. The van der Waals surface area contributed by atoms with E-state index in [9.17, 15) is 37.8 Å². The minimum absolute atomic E-state index is 0.133. The molecule has 0 aromatic carbocycles. The van der Waals surface area contributed by atoms with Crippen LogP contribution in [0.3, 0.4) is 0 Å². The highest BCUT2D eigenvalue weighted by molar-refractivity contribution is 7.53. The summed E-state index contributed by atoms with van der Waals surface area (Å²) in [6, 6.07) is 0. The molecule has 3 aliphatic heterocycles. The van der Waals surface area contributed by atoms with Crippen LogP contribution in [-0.2, 0) is 59.6 Å². The molecule has 0 saturated carbocycles. The van der Waals surface area contributed by atoms with Gasteiger partial charge in [0.15, 0.2) is 0 Å². The minimum Gasteiger partial charge on any atom is -0.370 e. The van der Waals surface area contributed by atoms with Gasteiger partial charge in [-0.1, -0.05) is 27.7 Å². The summed E-state index contributed by atoms with van der Waals surface area (Å²) in [5, 5.41) is 0. The Morgan fingerprint density at radius 3 is 1.20 bits per heavy atom. The normalized spacial score (nSPS) is 37.8. The van der Waals surface area contributed by atoms with Gasteiger partial charge in [0, 0.05) is 19.3 Å². The van der Waals surface area contributed by atoms with Gasteiger partial charge >= 0.3 is 30.8 Å². The predicted octanol–water partition coefficient (Wildman–Crippen LogP) is 4.11. The highest BCUT2D eigenvalue weighted by atomic mass is 31.2. The van der Waals surface area contributed by atoms with Gasteiger partial charge in [0.05, 0.1) is 55.6 Å². The SMILES string of the molecule is CC(C)P(=O)(O)OC[C@H]1O[C@@H](C)C[C@@H]1OP(=O)(O)OC[C@H]1O[C@@H](C)C[C@@H]1OP(=O)(O)OC[C@H]1O[C@@H](C)C[C@@H]1OP(=O)(O)C(C)C. The molecular weight excluding hydrogens is 684 g/mol. The fourth-order valence-electron chi connectivity index (χ4n) is 4.92. The molecule has 3 aliphatic rings. The van der Waals surface area contributed by atoms with Gasteiger partial charge in [-0.05, 0) is 20.8 Å². The first-order chi connectivity index (χ1) is 20.6. The van der Waals surface area contributed by atoms with Crippen LogP contribution in [0.4, 0.5) is 0 Å². The van der Waals surface area contributed by atoms with Crippen molar-refractivity contribution in [3.8, 4) is 0 Å². The summed E-state index contributed by atoms with van der Waals surface area (Å²) in [5.74, 6) is 0. The van der Waals surface area contributed by atoms with Crippen molar-refractivity contribution in [2.75, 3.05) is 19.8 Å². The molecule has 3 fully saturated rings. The second-order valence-corrected chi connectivity index (χ2v) is 19.8. The monoisotopic (exact) mass is 732 g/mol. The molecule has 0 aliphatic carbocycles. The zero-order valence-corrected chi connectivity index (χ0v) is 30.1. The van der Waals surface area contributed by atoms with Crippen LogP contribution in [0.25, 0.3) is 0 Å². The van der Waals surface area contributed by atoms with Crippen molar-refractivity contribution >= 4 is 30.8 Å². The Morgan fingerprint density at radius 2 is 0.867 bits per heavy atom. The molecule has 266 valence electrons. The summed E-state index contributed by atoms with van der Waals surface area (Å²) in [7, 11) is -17.4. The maximum Gasteiger partial charge on any atom is 0.472 e. The van der Waals surface area contributed by atoms with Gasteiger partial charge in [0.2, 0.25) is 0 Å². The van der Waals surface area contributed by atoms with Gasteiger partial charge in [-0.3, -0.25) is 27.2 Å². The molecule has 0 spiro atoms. The third-order valence-electron chi connectivity index (χ3n) is 7.51. The van der Waals surface area contributed by atoms with Gasteiger partial charge in [0.1, 0.15) is 30.5 Å². The van der Waals surface area contributed by atoms with Crippen molar-refractivity contribution in [2.24, 2.45) is 0 Å². The summed E-state index contributed by atoms with van der Waals surface area (Å²) in [6.07, 6.45) is -6.39. The van der Waals surface area contributed by atoms with Gasteiger partial charge in [-0.15, -0.1) is 0 Å². The third kappa shape index (κ3) is 12.0. The minimum atomic E-state index is -4.75. The zero-order chi connectivity index (χ0) is 34.0. The number of hydrogen-bond donors (Lipinski definition) is 4. The average molecular weight is 733 g/mol. The molecule has 0 bridgehead atoms. The topological polar surface area (TPSA) is 232 Å². The molecular formula is C24H48O17P4. The van der Waals surface area contributed by atoms with Crippen LogP contribution in [0, 0.1) is 0 Å². The summed E-state index contributed by atoms with van der Waals surface area (Å²) in [4.78, 5) is 40.9. The molecule has 3 heterocycles. The van der Waals surface area contributed by atoms with Crippen molar-refractivity contribution in [1.82, 2.24) is 0 Å². The van der Waals surface area contributed by atoms with E-state index >= 15 is 0 Å². The fourth-order valence-corrected chi connectivity index (χ4v) is 8.35.